The smallest absolute Gasteiger partial charge is 0.183 e. The third kappa shape index (κ3) is 3.01. The van der Waals surface area contributed by atoms with Gasteiger partial charge in [-0.2, -0.15) is 0 Å². The Morgan fingerprint density at radius 3 is 2.74 bits per heavy atom. The Labute approximate surface area is 144 Å². The molecule has 2 aromatic heterocycles. The topological polar surface area (TPSA) is 39.4 Å². The second-order valence-electron chi connectivity index (χ2n) is 5.83. The molecule has 0 spiro atoms. The quantitative estimate of drug-likeness (QED) is 0.678. The van der Waals surface area contributed by atoms with Crippen LogP contribution in [0, 0.1) is 5.92 Å². The molecule has 4 nitrogen and oxygen atoms in total. The Kier molecular flexibility index (Phi) is 3.87. The molecule has 0 saturated heterocycles. The molecule has 0 N–H and O–H groups in total. The molecule has 1 saturated carbocycles. The summed E-state index contributed by atoms with van der Waals surface area (Å²) in [5, 5.41) is 9.63. The highest BCUT2D eigenvalue weighted by atomic mass is 35.5. The molecule has 1 fully saturated rings. The number of pyridine rings is 1. The summed E-state index contributed by atoms with van der Waals surface area (Å²) in [6, 6.07) is 9.44. The minimum atomic E-state index is 0.360. The Hall–Kier alpha value is -1.78. The summed E-state index contributed by atoms with van der Waals surface area (Å²) >= 11 is 12.6. The molecule has 0 unspecified atom stereocenters. The van der Waals surface area contributed by atoms with E-state index in [1.165, 1.54) is 12.8 Å². The van der Waals surface area contributed by atoms with Gasteiger partial charge in [0.05, 0.1) is 0 Å². The molecular formula is C17H15Cl2N3O. The van der Waals surface area contributed by atoms with Gasteiger partial charge in [0.15, 0.2) is 5.65 Å². The minimum absolute atomic E-state index is 0.360. The molecule has 118 valence electrons. The van der Waals surface area contributed by atoms with E-state index in [1.54, 1.807) is 0 Å². The van der Waals surface area contributed by atoms with Gasteiger partial charge < -0.3 is 4.74 Å². The van der Waals surface area contributed by atoms with Crippen molar-refractivity contribution in [1.29, 1.82) is 0 Å². The summed E-state index contributed by atoms with van der Waals surface area (Å²) in [5.41, 5.74) is 1.56. The summed E-state index contributed by atoms with van der Waals surface area (Å²) in [6.45, 7) is 0.360. The SMILES string of the molecule is Clc1ccccc1COc1ccn2c(CC3CC3)nnc2c1Cl. The van der Waals surface area contributed by atoms with Gasteiger partial charge in [-0.25, -0.2) is 0 Å². The van der Waals surface area contributed by atoms with Crippen molar-refractivity contribution in [3.63, 3.8) is 0 Å². The van der Waals surface area contributed by atoms with Gasteiger partial charge in [-0.05, 0) is 30.9 Å². The predicted octanol–water partition coefficient (Wildman–Crippen LogP) is 4.57. The van der Waals surface area contributed by atoms with Crippen LogP contribution in [0.1, 0.15) is 24.2 Å². The van der Waals surface area contributed by atoms with Crippen LogP contribution >= 0.6 is 23.2 Å². The highest BCUT2D eigenvalue weighted by molar-refractivity contribution is 6.35. The van der Waals surface area contributed by atoms with Gasteiger partial charge in [-0.1, -0.05) is 41.4 Å². The Balaban J connectivity index is 1.58. The molecule has 3 aromatic rings. The number of rotatable bonds is 5. The van der Waals surface area contributed by atoms with Crippen molar-refractivity contribution < 1.29 is 4.74 Å². The predicted molar refractivity (Wildman–Crippen MR) is 90.2 cm³/mol. The summed E-state index contributed by atoms with van der Waals surface area (Å²) in [6.07, 6.45) is 5.43. The number of halogens is 2. The van der Waals surface area contributed by atoms with Crippen molar-refractivity contribution in [2.45, 2.75) is 25.9 Å². The maximum atomic E-state index is 6.43. The van der Waals surface area contributed by atoms with Gasteiger partial charge in [-0.15, -0.1) is 10.2 Å². The Morgan fingerprint density at radius 1 is 1.13 bits per heavy atom. The van der Waals surface area contributed by atoms with Crippen molar-refractivity contribution >= 4 is 28.8 Å². The van der Waals surface area contributed by atoms with Gasteiger partial charge in [0.1, 0.15) is 23.2 Å². The number of benzene rings is 1. The number of hydrogen-bond acceptors (Lipinski definition) is 3. The lowest BCUT2D eigenvalue weighted by Crippen LogP contribution is -2.00. The van der Waals surface area contributed by atoms with E-state index in [1.807, 2.05) is 40.9 Å². The van der Waals surface area contributed by atoms with Crippen LogP contribution in [0.15, 0.2) is 36.5 Å². The second-order valence-corrected chi connectivity index (χ2v) is 6.62. The first-order valence-corrected chi connectivity index (χ1v) is 8.36. The summed E-state index contributed by atoms with van der Waals surface area (Å²) in [5.74, 6) is 2.30. The van der Waals surface area contributed by atoms with Crippen LogP contribution in [0.3, 0.4) is 0 Å². The number of nitrogens with zero attached hydrogens (tertiary/aromatic N) is 3. The molecule has 1 aromatic carbocycles. The molecule has 0 bridgehead atoms. The molecule has 1 aliphatic rings. The van der Waals surface area contributed by atoms with Gasteiger partial charge in [0.2, 0.25) is 0 Å². The van der Waals surface area contributed by atoms with Crippen LogP contribution in [0.25, 0.3) is 5.65 Å². The van der Waals surface area contributed by atoms with Crippen molar-refractivity contribution in [2.24, 2.45) is 5.92 Å². The number of aromatic nitrogens is 3. The Morgan fingerprint density at radius 2 is 1.96 bits per heavy atom. The maximum absolute atomic E-state index is 6.43. The molecule has 0 radical (unpaired) electrons. The van der Waals surface area contributed by atoms with Crippen molar-refractivity contribution in [1.82, 2.24) is 14.6 Å². The van der Waals surface area contributed by atoms with Crippen LogP contribution in [-0.4, -0.2) is 14.6 Å². The fraction of sp³-hybridized carbons (Fsp3) is 0.294. The van der Waals surface area contributed by atoms with E-state index in [4.69, 9.17) is 27.9 Å². The molecule has 6 heteroatoms. The molecule has 0 aliphatic heterocycles. The lowest BCUT2D eigenvalue weighted by Gasteiger charge is -2.10. The highest BCUT2D eigenvalue weighted by Gasteiger charge is 2.24. The first-order chi connectivity index (χ1) is 11.2. The minimum Gasteiger partial charge on any atom is -0.487 e. The average molecular weight is 348 g/mol. The van der Waals surface area contributed by atoms with Crippen molar-refractivity contribution in [3.8, 4) is 5.75 Å². The third-order valence-electron chi connectivity index (χ3n) is 4.06. The number of fused-ring (bicyclic) bond motifs is 1. The van der Waals surface area contributed by atoms with Crippen molar-refractivity contribution in [3.05, 3.63) is 58.0 Å². The van der Waals surface area contributed by atoms with Crippen LogP contribution in [-0.2, 0) is 13.0 Å². The van der Waals surface area contributed by atoms with Crippen LogP contribution in [0.5, 0.6) is 5.75 Å². The average Bonchev–Trinajstić information content (AvgIpc) is 3.27. The normalized spacial score (nSPS) is 14.3. The zero-order valence-electron chi connectivity index (χ0n) is 12.4. The molecule has 4 rings (SSSR count). The van der Waals surface area contributed by atoms with E-state index < -0.39 is 0 Å². The van der Waals surface area contributed by atoms with E-state index in [0.717, 1.165) is 23.7 Å². The molecule has 0 atom stereocenters. The molecular weight excluding hydrogens is 333 g/mol. The van der Waals surface area contributed by atoms with E-state index in [0.29, 0.717) is 28.0 Å². The molecule has 0 amide bonds. The van der Waals surface area contributed by atoms with Gasteiger partial charge in [0.25, 0.3) is 0 Å². The lowest BCUT2D eigenvalue weighted by atomic mass is 10.2. The zero-order valence-corrected chi connectivity index (χ0v) is 13.9. The second kappa shape index (κ2) is 6.02. The van der Waals surface area contributed by atoms with E-state index >= 15 is 0 Å². The molecule has 2 heterocycles. The third-order valence-corrected chi connectivity index (χ3v) is 4.79. The summed E-state index contributed by atoms with van der Waals surface area (Å²) in [4.78, 5) is 0. The summed E-state index contributed by atoms with van der Waals surface area (Å²) < 4.78 is 7.76. The first kappa shape index (κ1) is 14.8. The van der Waals surface area contributed by atoms with Crippen LogP contribution in [0.2, 0.25) is 10.0 Å². The fourth-order valence-electron chi connectivity index (χ4n) is 2.56. The Bertz CT molecular complexity index is 858. The largest absolute Gasteiger partial charge is 0.487 e. The van der Waals surface area contributed by atoms with E-state index in [-0.39, 0.29) is 0 Å². The number of hydrogen-bond donors (Lipinski definition) is 0. The molecule has 1 aliphatic carbocycles. The van der Waals surface area contributed by atoms with Crippen LogP contribution < -0.4 is 4.74 Å². The monoisotopic (exact) mass is 347 g/mol. The maximum Gasteiger partial charge on any atom is 0.183 e. The van der Waals surface area contributed by atoms with Gasteiger partial charge in [0, 0.05) is 23.2 Å². The summed E-state index contributed by atoms with van der Waals surface area (Å²) in [7, 11) is 0. The van der Waals surface area contributed by atoms with E-state index in [2.05, 4.69) is 10.2 Å². The highest BCUT2D eigenvalue weighted by Crippen LogP contribution is 2.34. The zero-order chi connectivity index (χ0) is 15.8. The van der Waals surface area contributed by atoms with Crippen molar-refractivity contribution in [2.75, 3.05) is 0 Å². The number of ether oxygens (including phenoxy) is 1. The standard InChI is InChI=1S/C17H15Cl2N3O/c18-13-4-2-1-3-12(13)10-23-14-7-8-22-15(9-11-5-6-11)20-21-17(22)16(14)19/h1-4,7-8,11H,5-6,9-10H2. The molecule has 23 heavy (non-hydrogen) atoms. The van der Waals surface area contributed by atoms with Crippen LogP contribution in [0.4, 0.5) is 0 Å². The van der Waals surface area contributed by atoms with E-state index in [9.17, 15) is 0 Å². The lowest BCUT2D eigenvalue weighted by molar-refractivity contribution is 0.306. The van der Waals surface area contributed by atoms with Gasteiger partial charge in [-0.3, -0.25) is 4.40 Å². The van der Waals surface area contributed by atoms with Gasteiger partial charge >= 0.3 is 0 Å². The fourth-order valence-corrected chi connectivity index (χ4v) is 2.99. The first-order valence-electron chi connectivity index (χ1n) is 7.60.